The molecule has 61 heavy (non-hydrogen) atoms. The van der Waals surface area contributed by atoms with Crippen LogP contribution < -0.4 is 4.90 Å². The molecule has 7 aromatic carbocycles. The van der Waals surface area contributed by atoms with Crippen LogP contribution in [0.5, 0.6) is 0 Å². The molecule has 3 aliphatic carbocycles. The summed E-state index contributed by atoms with van der Waals surface area (Å²) in [6.45, 7) is 12.5. The van der Waals surface area contributed by atoms with Gasteiger partial charge in [0, 0.05) is 54.6 Å². The molecule has 0 N–H and O–H groups in total. The lowest BCUT2D eigenvalue weighted by molar-refractivity contribution is 0.310. The minimum atomic E-state index is -0.569. The van der Waals surface area contributed by atoms with E-state index >= 15 is 0 Å². The van der Waals surface area contributed by atoms with Crippen molar-refractivity contribution >= 4 is 60.8 Å². The number of benzene rings is 7. The Hall–Kier alpha value is -6.84. The Kier molecular flexibility index (Phi) is 6.71. The van der Waals surface area contributed by atoms with Crippen molar-refractivity contribution in [2.75, 3.05) is 4.90 Å². The number of rotatable bonds is 3. The molecule has 2 aromatic heterocycles. The van der Waals surface area contributed by atoms with Crippen molar-refractivity contribution < 1.29 is 8.83 Å². The quantitative estimate of drug-likeness (QED) is 0.167. The lowest BCUT2D eigenvalue weighted by Crippen LogP contribution is -2.55. The highest BCUT2D eigenvalue weighted by Crippen LogP contribution is 2.74. The van der Waals surface area contributed by atoms with Crippen LogP contribution in [0.2, 0.25) is 0 Å². The fourth-order valence-electron chi connectivity index (χ4n) is 12.9. The maximum absolute atomic E-state index is 7.17. The predicted octanol–water partition coefficient (Wildman–Crippen LogP) is 15.2. The van der Waals surface area contributed by atoms with E-state index in [1.54, 1.807) is 0 Å². The minimum absolute atomic E-state index is 0.184. The highest BCUT2D eigenvalue weighted by Gasteiger charge is 2.68. The Labute approximate surface area is 355 Å². The average Bonchev–Trinajstić information content (AvgIpc) is 3.91. The maximum atomic E-state index is 7.17. The number of para-hydroxylation sites is 3. The molecular formula is C58H45NO2. The first kappa shape index (κ1) is 35.0. The number of fused-ring (bicyclic) bond motifs is 12. The van der Waals surface area contributed by atoms with Crippen LogP contribution in [-0.4, -0.2) is 5.54 Å². The molecule has 9 aromatic rings. The Bertz CT molecular complexity index is 3450. The second-order valence-electron chi connectivity index (χ2n) is 18.6. The molecule has 4 aliphatic rings. The first-order valence-electron chi connectivity index (χ1n) is 21.8. The number of furan rings is 2. The molecule has 0 radical (unpaired) electrons. The van der Waals surface area contributed by atoms with Gasteiger partial charge in [-0.25, -0.2) is 0 Å². The summed E-state index contributed by atoms with van der Waals surface area (Å²) in [5.41, 5.74) is 16.0. The summed E-state index contributed by atoms with van der Waals surface area (Å²) in [5.74, 6) is 0.184. The van der Waals surface area contributed by atoms with Crippen molar-refractivity contribution in [3.8, 4) is 11.1 Å². The van der Waals surface area contributed by atoms with Gasteiger partial charge in [0.25, 0.3) is 0 Å². The van der Waals surface area contributed by atoms with Crippen molar-refractivity contribution in [1.82, 2.24) is 0 Å². The molecule has 0 saturated carbocycles. The first-order valence-corrected chi connectivity index (χ1v) is 21.8. The molecular weight excluding hydrogens is 743 g/mol. The first-order chi connectivity index (χ1) is 29.7. The largest absolute Gasteiger partial charge is 0.456 e. The molecule has 1 aliphatic heterocycles. The van der Waals surface area contributed by atoms with Crippen molar-refractivity contribution in [1.29, 1.82) is 0 Å². The van der Waals surface area contributed by atoms with Gasteiger partial charge in [-0.15, -0.1) is 0 Å². The van der Waals surface area contributed by atoms with E-state index in [4.69, 9.17) is 8.83 Å². The second kappa shape index (κ2) is 11.7. The zero-order chi connectivity index (χ0) is 41.0. The average molecular weight is 788 g/mol. The van der Waals surface area contributed by atoms with Crippen LogP contribution in [0.4, 0.5) is 11.4 Å². The van der Waals surface area contributed by atoms with Crippen molar-refractivity contribution in [2.24, 2.45) is 11.3 Å². The number of hydrogen-bond donors (Lipinski definition) is 0. The van der Waals surface area contributed by atoms with Gasteiger partial charge in [-0.3, -0.25) is 0 Å². The van der Waals surface area contributed by atoms with Gasteiger partial charge in [0.2, 0.25) is 0 Å². The zero-order valence-corrected chi connectivity index (χ0v) is 35.1. The third kappa shape index (κ3) is 4.15. The highest BCUT2D eigenvalue weighted by atomic mass is 16.3. The van der Waals surface area contributed by atoms with Gasteiger partial charge in [-0.1, -0.05) is 153 Å². The van der Waals surface area contributed by atoms with E-state index in [1.807, 2.05) is 6.07 Å². The van der Waals surface area contributed by atoms with Crippen molar-refractivity contribution in [2.45, 2.75) is 51.0 Å². The smallest absolute Gasteiger partial charge is 0.143 e. The minimum Gasteiger partial charge on any atom is -0.456 e. The molecule has 3 heterocycles. The number of allylic oxidation sites excluding steroid dienone is 4. The molecule has 0 bridgehead atoms. The molecule has 294 valence electrons. The predicted molar refractivity (Wildman–Crippen MR) is 252 cm³/mol. The van der Waals surface area contributed by atoms with Crippen LogP contribution in [0, 0.1) is 11.3 Å². The van der Waals surface area contributed by atoms with Crippen LogP contribution in [0.25, 0.3) is 60.6 Å². The van der Waals surface area contributed by atoms with E-state index in [0.29, 0.717) is 0 Å². The van der Waals surface area contributed by atoms with Crippen LogP contribution in [0.1, 0.15) is 56.9 Å². The monoisotopic (exact) mass is 787 g/mol. The molecule has 3 nitrogen and oxygen atoms in total. The number of hydrogen-bond acceptors (Lipinski definition) is 3. The van der Waals surface area contributed by atoms with E-state index < -0.39 is 16.4 Å². The van der Waals surface area contributed by atoms with Gasteiger partial charge < -0.3 is 13.7 Å². The fraction of sp³-hybridized carbons (Fsp3) is 0.172. The van der Waals surface area contributed by atoms with E-state index in [9.17, 15) is 0 Å². The number of nitrogens with zero attached hydrogens (tertiary/aromatic N) is 1. The standard InChI is InChI=1S/C58H45NO2/c1-35-34-46-44-20-9-12-23-45(44)57(4)51-47(31-30-43-41-19-11-14-25-49(41)61-53(43)51)59(56(3)33-32-55(2,37-16-7-6-8-17-37)50(35)54(56)58(46,57)5)38-28-26-36(27-29-38)39-21-15-22-42-40-18-10-13-24-48(40)60-52(39)42/h6-35H,1-5H3. The van der Waals surface area contributed by atoms with Gasteiger partial charge in [0.15, 0.2) is 0 Å². The van der Waals surface area contributed by atoms with Gasteiger partial charge in [-0.2, -0.15) is 0 Å². The second-order valence-corrected chi connectivity index (χ2v) is 18.6. The summed E-state index contributed by atoms with van der Waals surface area (Å²) in [5, 5.41) is 4.58. The van der Waals surface area contributed by atoms with Crippen LogP contribution in [0.15, 0.2) is 196 Å². The SMILES string of the molecule is CC1C=C2c3ccccc3C3(C)c4c(ccc5c4oc4ccccc45)N(c4ccc(-c5cccc6c5oc5ccccc56)cc4)C4(C)C=CC(C)(c5ccccc5)C1=C4C23C. The maximum Gasteiger partial charge on any atom is 0.143 e. The Morgan fingerprint density at radius 3 is 1.90 bits per heavy atom. The summed E-state index contributed by atoms with van der Waals surface area (Å²) in [7, 11) is 0. The lowest BCUT2D eigenvalue weighted by Gasteiger charge is -2.57. The molecule has 13 rings (SSSR count). The molecule has 0 spiro atoms. The summed E-state index contributed by atoms with van der Waals surface area (Å²) >= 11 is 0. The Morgan fingerprint density at radius 1 is 0.525 bits per heavy atom. The van der Waals surface area contributed by atoms with Crippen molar-refractivity contribution in [3.63, 3.8) is 0 Å². The van der Waals surface area contributed by atoms with E-state index in [1.165, 1.54) is 44.7 Å². The molecule has 0 amide bonds. The van der Waals surface area contributed by atoms with Gasteiger partial charge in [0.1, 0.15) is 22.3 Å². The van der Waals surface area contributed by atoms with Crippen molar-refractivity contribution in [3.05, 3.63) is 209 Å². The van der Waals surface area contributed by atoms with E-state index in [0.717, 1.165) is 60.7 Å². The van der Waals surface area contributed by atoms with Crippen LogP contribution in [0.3, 0.4) is 0 Å². The highest BCUT2D eigenvalue weighted by molar-refractivity contribution is 6.11. The Morgan fingerprint density at radius 2 is 1.15 bits per heavy atom. The molecule has 0 saturated heterocycles. The number of anilines is 2. The van der Waals surface area contributed by atoms with Crippen LogP contribution in [-0.2, 0) is 10.8 Å². The third-order valence-electron chi connectivity index (χ3n) is 15.7. The topological polar surface area (TPSA) is 29.5 Å². The summed E-state index contributed by atoms with van der Waals surface area (Å²) < 4.78 is 13.7. The van der Waals surface area contributed by atoms with Gasteiger partial charge in [0.05, 0.1) is 11.2 Å². The van der Waals surface area contributed by atoms with Crippen LogP contribution >= 0.6 is 0 Å². The Balaban J connectivity index is 1.14. The molecule has 0 fully saturated rings. The molecule has 5 atom stereocenters. The fourth-order valence-corrected chi connectivity index (χ4v) is 12.9. The summed E-state index contributed by atoms with van der Waals surface area (Å²) in [4.78, 5) is 2.66. The van der Waals surface area contributed by atoms with E-state index in [2.05, 4.69) is 209 Å². The zero-order valence-electron chi connectivity index (χ0n) is 35.1. The van der Waals surface area contributed by atoms with Gasteiger partial charge in [-0.05, 0) is 102 Å². The normalized spacial score (nSPS) is 26.1. The molecule has 5 unspecified atom stereocenters. The van der Waals surface area contributed by atoms with Gasteiger partial charge >= 0.3 is 0 Å². The summed E-state index contributed by atoms with van der Waals surface area (Å²) in [6.07, 6.45) is 7.68. The summed E-state index contributed by atoms with van der Waals surface area (Å²) in [6, 6.07) is 57.7. The third-order valence-corrected chi connectivity index (χ3v) is 15.7. The lowest BCUT2D eigenvalue weighted by atomic mass is 9.48. The molecule has 3 heteroatoms. The van der Waals surface area contributed by atoms with E-state index in [-0.39, 0.29) is 11.3 Å².